The summed E-state index contributed by atoms with van der Waals surface area (Å²) in [6.45, 7) is 7.52. The number of benzene rings is 2. The summed E-state index contributed by atoms with van der Waals surface area (Å²) in [6, 6.07) is 11.8. The molecule has 140 valence electrons. The van der Waals surface area contributed by atoms with E-state index in [0.717, 1.165) is 5.56 Å². The van der Waals surface area contributed by atoms with Crippen molar-refractivity contribution in [2.75, 3.05) is 4.90 Å². The zero-order valence-corrected chi connectivity index (χ0v) is 15.9. The normalized spacial score (nSPS) is 25.8. The van der Waals surface area contributed by atoms with E-state index >= 15 is 0 Å². The highest BCUT2D eigenvalue weighted by Crippen LogP contribution is 2.60. The SMILES string of the molecule is CC(C)C(=O)N1c2cc(C(C)C)ccc2C2(O)C(=O)c3ccccc3C12O. The van der Waals surface area contributed by atoms with Gasteiger partial charge in [-0.05, 0) is 17.5 Å². The summed E-state index contributed by atoms with van der Waals surface area (Å²) in [5.74, 6) is -1.16. The number of nitrogens with zero attached hydrogens (tertiary/aromatic N) is 1. The van der Waals surface area contributed by atoms with E-state index in [9.17, 15) is 19.8 Å². The molecule has 2 atom stereocenters. The Morgan fingerprint density at radius 1 is 1.00 bits per heavy atom. The lowest BCUT2D eigenvalue weighted by Crippen LogP contribution is -2.57. The van der Waals surface area contributed by atoms with E-state index in [4.69, 9.17) is 0 Å². The molecule has 27 heavy (non-hydrogen) atoms. The van der Waals surface area contributed by atoms with Crippen LogP contribution in [0.4, 0.5) is 5.69 Å². The fourth-order valence-electron chi connectivity index (χ4n) is 4.24. The third-order valence-electron chi connectivity index (χ3n) is 5.74. The number of amides is 1. The molecule has 0 radical (unpaired) electrons. The highest BCUT2D eigenvalue weighted by Gasteiger charge is 2.72. The maximum absolute atomic E-state index is 13.2. The smallest absolute Gasteiger partial charge is 0.232 e. The van der Waals surface area contributed by atoms with Crippen LogP contribution < -0.4 is 4.90 Å². The molecular weight excluding hydrogens is 342 g/mol. The van der Waals surface area contributed by atoms with Crippen molar-refractivity contribution >= 4 is 17.4 Å². The minimum absolute atomic E-state index is 0.194. The standard InChI is InChI=1S/C22H23NO4/c1-12(2)14-9-10-17-18(11-14)23(20(25)13(3)4)22(27)16-8-6-5-7-15(16)19(24)21(17,22)26/h5-13,26-27H,1-4H3. The predicted octanol–water partition coefficient (Wildman–Crippen LogP) is 3.04. The first-order valence-electron chi connectivity index (χ1n) is 9.23. The molecule has 2 unspecified atom stereocenters. The zero-order valence-electron chi connectivity index (χ0n) is 15.9. The minimum atomic E-state index is -2.22. The van der Waals surface area contributed by atoms with E-state index in [1.807, 2.05) is 19.9 Å². The summed E-state index contributed by atoms with van der Waals surface area (Å²) in [5, 5.41) is 23.3. The van der Waals surface area contributed by atoms with E-state index in [0.29, 0.717) is 5.69 Å². The molecule has 1 amide bonds. The molecule has 2 aromatic rings. The van der Waals surface area contributed by atoms with Gasteiger partial charge in [0, 0.05) is 22.6 Å². The summed E-state index contributed by atoms with van der Waals surface area (Å²) in [7, 11) is 0. The van der Waals surface area contributed by atoms with Crippen LogP contribution in [-0.4, -0.2) is 21.9 Å². The van der Waals surface area contributed by atoms with Gasteiger partial charge >= 0.3 is 0 Å². The Morgan fingerprint density at radius 3 is 2.30 bits per heavy atom. The van der Waals surface area contributed by atoms with Gasteiger partial charge in [-0.2, -0.15) is 0 Å². The first kappa shape index (κ1) is 17.9. The van der Waals surface area contributed by atoms with Crippen molar-refractivity contribution in [3.63, 3.8) is 0 Å². The molecule has 0 saturated heterocycles. The second-order valence-corrected chi connectivity index (χ2v) is 8.02. The number of carbonyl (C=O) groups excluding carboxylic acids is 2. The lowest BCUT2D eigenvalue weighted by molar-refractivity contribution is -0.142. The molecule has 2 aromatic carbocycles. The van der Waals surface area contributed by atoms with E-state index in [1.165, 1.54) is 4.90 Å². The van der Waals surface area contributed by atoms with E-state index in [1.54, 1.807) is 50.2 Å². The molecule has 1 heterocycles. The fraction of sp³-hybridized carbons (Fsp3) is 0.364. The number of hydrogen-bond donors (Lipinski definition) is 2. The Balaban J connectivity index is 2.08. The average molecular weight is 365 g/mol. The largest absolute Gasteiger partial charge is 0.372 e. The summed E-state index contributed by atoms with van der Waals surface area (Å²) in [6.07, 6.45) is 0. The molecule has 5 heteroatoms. The van der Waals surface area contributed by atoms with Crippen molar-refractivity contribution in [2.24, 2.45) is 5.92 Å². The average Bonchev–Trinajstić information content (AvgIpc) is 2.95. The van der Waals surface area contributed by atoms with Gasteiger partial charge in [0.25, 0.3) is 0 Å². The van der Waals surface area contributed by atoms with Crippen LogP contribution in [0.15, 0.2) is 42.5 Å². The van der Waals surface area contributed by atoms with Crippen LogP contribution in [-0.2, 0) is 16.1 Å². The Hall–Kier alpha value is -2.50. The van der Waals surface area contributed by atoms with Gasteiger partial charge in [-0.3, -0.25) is 14.5 Å². The van der Waals surface area contributed by atoms with E-state index < -0.39 is 23.0 Å². The lowest BCUT2D eigenvalue weighted by Gasteiger charge is -2.38. The highest BCUT2D eigenvalue weighted by molar-refractivity contribution is 6.15. The van der Waals surface area contributed by atoms with Crippen LogP contribution in [0.1, 0.15) is 60.7 Å². The van der Waals surface area contributed by atoms with Gasteiger partial charge < -0.3 is 10.2 Å². The Morgan fingerprint density at radius 2 is 1.67 bits per heavy atom. The second-order valence-electron chi connectivity index (χ2n) is 8.02. The van der Waals surface area contributed by atoms with Gasteiger partial charge in [0.15, 0.2) is 0 Å². The van der Waals surface area contributed by atoms with Crippen LogP contribution >= 0.6 is 0 Å². The lowest BCUT2D eigenvalue weighted by atomic mass is 9.85. The van der Waals surface area contributed by atoms with Crippen molar-refractivity contribution in [3.05, 3.63) is 64.7 Å². The van der Waals surface area contributed by atoms with Crippen molar-refractivity contribution in [1.29, 1.82) is 0 Å². The van der Waals surface area contributed by atoms with Gasteiger partial charge in [0.05, 0.1) is 5.69 Å². The first-order valence-corrected chi connectivity index (χ1v) is 9.23. The van der Waals surface area contributed by atoms with Gasteiger partial charge in [-0.15, -0.1) is 0 Å². The minimum Gasteiger partial charge on any atom is -0.372 e. The molecular formula is C22H23NO4. The van der Waals surface area contributed by atoms with Crippen LogP contribution in [0.2, 0.25) is 0 Å². The van der Waals surface area contributed by atoms with Crippen LogP contribution in [0.5, 0.6) is 0 Å². The molecule has 0 bridgehead atoms. The Kier molecular flexibility index (Phi) is 3.65. The Labute approximate surface area is 158 Å². The molecule has 0 saturated carbocycles. The third kappa shape index (κ3) is 1.96. The van der Waals surface area contributed by atoms with Gasteiger partial charge in [0.2, 0.25) is 23.0 Å². The molecule has 2 N–H and O–H groups in total. The monoisotopic (exact) mass is 365 g/mol. The first-order chi connectivity index (χ1) is 12.7. The van der Waals surface area contributed by atoms with E-state index in [2.05, 4.69) is 0 Å². The number of carbonyl (C=O) groups is 2. The predicted molar refractivity (Wildman–Crippen MR) is 101 cm³/mol. The number of fused-ring (bicyclic) bond motifs is 5. The maximum atomic E-state index is 13.2. The second kappa shape index (κ2) is 5.50. The molecule has 0 spiro atoms. The number of ketones is 1. The number of Topliss-reactive ketones (excluding diaryl/α,β-unsaturated/α-hetero) is 1. The van der Waals surface area contributed by atoms with Crippen molar-refractivity contribution in [3.8, 4) is 0 Å². The Bertz CT molecular complexity index is 980. The van der Waals surface area contributed by atoms with Crippen LogP contribution in [0, 0.1) is 5.92 Å². The third-order valence-corrected chi connectivity index (χ3v) is 5.74. The molecule has 4 rings (SSSR count). The highest BCUT2D eigenvalue weighted by atomic mass is 16.4. The zero-order chi connectivity index (χ0) is 19.7. The number of aliphatic hydroxyl groups is 2. The van der Waals surface area contributed by atoms with Crippen molar-refractivity contribution < 1.29 is 19.8 Å². The molecule has 5 nitrogen and oxygen atoms in total. The molecule has 2 aliphatic rings. The summed E-state index contributed by atoms with van der Waals surface area (Å²) < 4.78 is 0. The number of anilines is 1. The maximum Gasteiger partial charge on any atom is 0.232 e. The van der Waals surface area contributed by atoms with Gasteiger partial charge in [0.1, 0.15) is 0 Å². The van der Waals surface area contributed by atoms with Gasteiger partial charge in [-0.25, -0.2) is 0 Å². The quantitative estimate of drug-likeness (QED) is 0.857. The van der Waals surface area contributed by atoms with Crippen LogP contribution in [0.25, 0.3) is 0 Å². The molecule has 1 aliphatic heterocycles. The van der Waals surface area contributed by atoms with Crippen molar-refractivity contribution in [1.82, 2.24) is 0 Å². The van der Waals surface area contributed by atoms with Gasteiger partial charge in [-0.1, -0.05) is 64.1 Å². The number of hydrogen-bond acceptors (Lipinski definition) is 4. The number of rotatable bonds is 2. The molecule has 1 aliphatic carbocycles. The van der Waals surface area contributed by atoms with E-state index in [-0.39, 0.29) is 28.5 Å². The summed E-state index contributed by atoms with van der Waals surface area (Å²) in [5.41, 5.74) is -2.25. The summed E-state index contributed by atoms with van der Waals surface area (Å²) in [4.78, 5) is 27.5. The molecule has 0 aromatic heterocycles. The molecule has 0 fully saturated rings. The summed E-state index contributed by atoms with van der Waals surface area (Å²) >= 11 is 0. The van der Waals surface area contributed by atoms with Crippen LogP contribution in [0.3, 0.4) is 0 Å². The topological polar surface area (TPSA) is 77.8 Å². The van der Waals surface area contributed by atoms with Crippen molar-refractivity contribution in [2.45, 2.75) is 44.9 Å². The fourth-order valence-corrected chi connectivity index (χ4v) is 4.24.